The molecule has 14 heteroatoms. The maximum Gasteiger partial charge on any atom is 0.326 e. The standard InChI is InChI=1S/C28H39N7O7/c1-16(36)23(29)26(40)33-20(8-5-13-32-28(30)31)24(38)34-21(14-18-9-11-19(37)12-10-18)25(39)35-22(27(41)42)15-17-6-3-2-4-7-17/h2-4,6-7,9-12,16,20-23,36-37H,5,8,13-15,29H2,1H3,(H,33,40)(H,34,38)(H,35,39)(H,41,42)(H4,30,31,32). The van der Waals surface area contributed by atoms with Gasteiger partial charge in [-0.25, -0.2) is 4.79 Å². The molecule has 0 heterocycles. The first-order valence-electron chi connectivity index (χ1n) is 13.3. The van der Waals surface area contributed by atoms with Crippen molar-refractivity contribution in [1.29, 1.82) is 0 Å². The van der Waals surface area contributed by atoms with Crippen LogP contribution in [0.4, 0.5) is 0 Å². The van der Waals surface area contributed by atoms with Gasteiger partial charge in [0.1, 0.15) is 29.9 Å². The topological polar surface area (TPSA) is 255 Å². The van der Waals surface area contributed by atoms with Gasteiger partial charge in [-0.2, -0.15) is 0 Å². The average molecular weight is 586 g/mol. The minimum absolute atomic E-state index is 0.00248. The summed E-state index contributed by atoms with van der Waals surface area (Å²) >= 11 is 0. The summed E-state index contributed by atoms with van der Waals surface area (Å²) in [5.41, 5.74) is 17.7. The summed E-state index contributed by atoms with van der Waals surface area (Å²) < 4.78 is 0. The normalized spacial score (nSPS) is 14.4. The molecular formula is C28H39N7O7. The van der Waals surface area contributed by atoms with Gasteiger partial charge in [0, 0.05) is 19.4 Å². The first-order valence-corrected chi connectivity index (χ1v) is 13.3. The molecule has 0 bridgehead atoms. The number of nitrogens with zero attached hydrogens (tertiary/aromatic N) is 1. The van der Waals surface area contributed by atoms with Gasteiger partial charge in [0.15, 0.2) is 5.96 Å². The second-order valence-corrected chi connectivity index (χ2v) is 9.80. The van der Waals surface area contributed by atoms with Gasteiger partial charge in [-0.1, -0.05) is 42.5 Å². The smallest absolute Gasteiger partial charge is 0.326 e. The van der Waals surface area contributed by atoms with Crippen LogP contribution in [0.25, 0.3) is 0 Å². The highest BCUT2D eigenvalue weighted by Gasteiger charge is 2.31. The van der Waals surface area contributed by atoms with E-state index in [0.29, 0.717) is 11.1 Å². The van der Waals surface area contributed by atoms with Crippen LogP contribution in [0, 0.1) is 0 Å². The summed E-state index contributed by atoms with van der Waals surface area (Å²) in [5.74, 6) is -3.73. The molecule has 0 saturated heterocycles. The molecule has 0 aliphatic heterocycles. The lowest BCUT2D eigenvalue weighted by Gasteiger charge is -2.26. The predicted molar refractivity (Wildman–Crippen MR) is 155 cm³/mol. The van der Waals surface area contributed by atoms with Gasteiger partial charge >= 0.3 is 5.97 Å². The van der Waals surface area contributed by atoms with E-state index in [1.165, 1.54) is 19.1 Å². The number of phenols is 1. The maximum absolute atomic E-state index is 13.4. The number of nitrogens with one attached hydrogen (secondary N) is 3. The third-order valence-corrected chi connectivity index (χ3v) is 6.31. The molecule has 2 aromatic carbocycles. The van der Waals surface area contributed by atoms with E-state index < -0.39 is 54.0 Å². The number of carbonyl (C=O) groups excluding carboxylic acids is 3. The van der Waals surface area contributed by atoms with E-state index in [-0.39, 0.29) is 43.9 Å². The molecule has 228 valence electrons. The highest BCUT2D eigenvalue weighted by atomic mass is 16.4. The maximum atomic E-state index is 13.4. The molecule has 42 heavy (non-hydrogen) atoms. The van der Waals surface area contributed by atoms with Crippen LogP contribution in [0.3, 0.4) is 0 Å². The summed E-state index contributed by atoms with van der Waals surface area (Å²) in [6.07, 6.45) is -0.923. The number of aliphatic hydroxyl groups excluding tert-OH is 1. The summed E-state index contributed by atoms with van der Waals surface area (Å²) in [7, 11) is 0. The van der Waals surface area contributed by atoms with Crippen molar-refractivity contribution in [3.63, 3.8) is 0 Å². The van der Waals surface area contributed by atoms with E-state index in [4.69, 9.17) is 17.2 Å². The summed E-state index contributed by atoms with van der Waals surface area (Å²) in [6, 6.07) is 9.59. The number of carboxylic acid groups (broad SMARTS) is 1. The van der Waals surface area contributed by atoms with Crippen molar-refractivity contribution in [2.75, 3.05) is 6.54 Å². The number of rotatable bonds is 16. The first-order chi connectivity index (χ1) is 19.9. The fraction of sp³-hybridized carbons (Fsp3) is 0.393. The average Bonchev–Trinajstić information content (AvgIpc) is 2.94. The van der Waals surface area contributed by atoms with Crippen LogP contribution in [0.15, 0.2) is 59.6 Å². The van der Waals surface area contributed by atoms with E-state index in [2.05, 4.69) is 20.9 Å². The lowest BCUT2D eigenvalue weighted by Crippen LogP contribution is -2.58. The number of hydrogen-bond acceptors (Lipinski definition) is 8. The lowest BCUT2D eigenvalue weighted by atomic mass is 10.0. The number of aliphatic carboxylic acids is 1. The Morgan fingerprint density at radius 3 is 1.90 bits per heavy atom. The molecule has 0 aromatic heterocycles. The Morgan fingerprint density at radius 2 is 1.33 bits per heavy atom. The van der Waals surface area contributed by atoms with E-state index >= 15 is 0 Å². The summed E-state index contributed by atoms with van der Waals surface area (Å²) in [4.78, 5) is 55.2. The Labute approximate surface area is 243 Å². The van der Waals surface area contributed by atoms with Crippen LogP contribution >= 0.6 is 0 Å². The largest absolute Gasteiger partial charge is 0.508 e. The van der Waals surface area contributed by atoms with E-state index in [9.17, 15) is 34.5 Å². The number of carboxylic acids is 1. The van der Waals surface area contributed by atoms with Crippen LogP contribution in [0.2, 0.25) is 0 Å². The van der Waals surface area contributed by atoms with Crippen molar-refractivity contribution in [3.05, 3.63) is 65.7 Å². The highest BCUT2D eigenvalue weighted by molar-refractivity contribution is 5.94. The number of aliphatic hydroxyl groups is 1. The third kappa shape index (κ3) is 11.4. The van der Waals surface area contributed by atoms with Gasteiger partial charge < -0.3 is 48.5 Å². The molecule has 3 amide bonds. The summed E-state index contributed by atoms with van der Waals surface area (Å²) in [5, 5.41) is 36.7. The van der Waals surface area contributed by atoms with Crippen molar-refractivity contribution in [2.45, 2.75) is 62.9 Å². The van der Waals surface area contributed by atoms with Crippen LogP contribution in [-0.4, -0.2) is 81.8 Å². The van der Waals surface area contributed by atoms with Crippen LogP contribution < -0.4 is 33.2 Å². The minimum atomic E-state index is -1.32. The van der Waals surface area contributed by atoms with Crippen LogP contribution in [0.5, 0.6) is 5.75 Å². The zero-order chi connectivity index (χ0) is 31.2. The van der Waals surface area contributed by atoms with Crippen molar-refractivity contribution in [3.8, 4) is 5.75 Å². The Bertz CT molecular complexity index is 1220. The van der Waals surface area contributed by atoms with Gasteiger partial charge in [-0.3, -0.25) is 19.4 Å². The van der Waals surface area contributed by atoms with Crippen molar-refractivity contribution < 1.29 is 34.5 Å². The van der Waals surface area contributed by atoms with Crippen molar-refractivity contribution >= 4 is 29.7 Å². The fourth-order valence-electron chi connectivity index (χ4n) is 3.93. The number of nitrogens with two attached hydrogens (primary N) is 3. The Balaban J connectivity index is 2.29. The number of aromatic hydroxyl groups is 1. The molecular weight excluding hydrogens is 546 g/mol. The number of carbonyl (C=O) groups is 4. The summed E-state index contributed by atoms with van der Waals surface area (Å²) in [6.45, 7) is 1.48. The Kier molecular flexibility index (Phi) is 13.2. The molecule has 14 nitrogen and oxygen atoms in total. The highest BCUT2D eigenvalue weighted by Crippen LogP contribution is 2.13. The number of amides is 3. The number of aliphatic imine (C=N–C) groups is 1. The quantitative estimate of drug-likeness (QED) is 0.0624. The number of guanidine groups is 1. The Hall–Kier alpha value is -4.69. The van der Waals surface area contributed by atoms with Crippen LogP contribution in [-0.2, 0) is 32.0 Å². The number of hydrogen-bond donors (Lipinski definition) is 9. The van der Waals surface area contributed by atoms with Gasteiger partial charge in [0.25, 0.3) is 0 Å². The molecule has 12 N–H and O–H groups in total. The minimum Gasteiger partial charge on any atom is -0.508 e. The molecule has 0 fully saturated rings. The third-order valence-electron chi connectivity index (χ3n) is 6.31. The molecule has 5 atom stereocenters. The molecule has 0 saturated carbocycles. The van der Waals surface area contributed by atoms with Gasteiger partial charge in [0.2, 0.25) is 17.7 Å². The number of benzene rings is 2. The Morgan fingerprint density at radius 1 is 0.810 bits per heavy atom. The first kappa shape index (κ1) is 33.5. The SMILES string of the molecule is CC(O)C(N)C(=O)NC(CCCN=C(N)N)C(=O)NC(Cc1ccc(O)cc1)C(=O)NC(Cc1ccccc1)C(=O)O. The molecule has 0 aliphatic rings. The zero-order valence-corrected chi connectivity index (χ0v) is 23.3. The second-order valence-electron chi connectivity index (χ2n) is 9.80. The van der Waals surface area contributed by atoms with Gasteiger partial charge in [-0.15, -0.1) is 0 Å². The monoisotopic (exact) mass is 585 g/mol. The van der Waals surface area contributed by atoms with Crippen molar-refractivity contribution in [2.24, 2.45) is 22.2 Å². The lowest BCUT2D eigenvalue weighted by molar-refractivity contribution is -0.142. The zero-order valence-electron chi connectivity index (χ0n) is 23.3. The fourth-order valence-corrected chi connectivity index (χ4v) is 3.93. The molecule has 0 spiro atoms. The molecule has 2 aromatic rings. The number of phenolic OH excluding ortho intramolecular Hbond substituents is 1. The molecule has 2 rings (SSSR count). The molecule has 0 aliphatic carbocycles. The van der Waals surface area contributed by atoms with E-state index in [0.717, 1.165) is 0 Å². The second kappa shape index (κ2) is 16.5. The molecule has 5 unspecified atom stereocenters. The van der Waals surface area contributed by atoms with E-state index in [1.54, 1.807) is 42.5 Å². The van der Waals surface area contributed by atoms with E-state index in [1.807, 2.05) is 0 Å². The van der Waals surface area contributed by atoms with Gasteiger partial charge in [-0.05, 0) is 43.0 Å². The van der Waals surface area contributed by atoms with Crippen molar-refractivity contribution in [1.82, 2.24) is 16.0 Å². The predicted octanol–water partition coefficient (Wildman–Crippen LogP) is -1.52. The van der Waals surface area contributed by atoms with Crippen LogP contribution in [0.1, 0.15) is 30.9 Å². The molecule has 0 radical (unpaired) electrons. The van der Waals surface area contributed by atoms with Gasteiger partial charge in [0.05, 0.1) is 6.10 Å².